The van der Waals surface area contributed by atoms with E-state index in [-0.39, 0.29) is 73.9 Å². The first-order valence-corrected chi connectivity index (χ1v) is 31.7. The van der Waals surface area contributed by atoms with E-state index in [1.807, 2.05) is 92.7 Å². The quantitative estimate of drug-likeness (QED) is 0.0206. The van der Waals surface area contributed by atoms with Crippen LogP contribution in [0, 0.1) is 20.8 Å². The van der Waals surface area contributed by atoms with Gasteiger partial charge in [0.1, 0.15) is 0 Å². The Balaban J connectivity index is 0.000000178. The Bertz CT molecular complexity index is 4800. The molecule has 11 aromatic rings. The van der Waals surface area contributed by atoms with E-state index in [1.165, 1.54) is 27.4 Å². The Kier molecular flexibility index (Phi) is 24.8. The molecule has 3 heterocycles. The highest BCUT2D eigenvalue weighted by Crippen LogP contribution is 2.46. The van der Waals surface area contributed by atoms with Crippen molar-refractivity contribution >= 4 is 55.0 Å². The predicted molar refractivity (Wildman–Crippen MR) is 370 cm³/mol. The molecule has 26 heteroatoms. The molecular weight excluding hydrogens is 1310 g/mol. The van der Waals surface area contributed by atoms with Crippen molar-refractivity contribution in [2.24, 2.45) is 0 Å². The Morgan fingerprint density at radius 2 is 0.737 bits per heavy atom. The SMILES string of the molecule is COc1cc(-c2cc3cc(CO)c(CO)cc3c(C)n2)cc(-c2ccccc2)c1OC.COc1cc(-c2cc3cc(CO)c(CO)cc3c(C)n2)cc(O)c1OC.COc1cc(-c2cc3cc(CO)c(CO)cc3c(C)n2)cc(OS(=O)(=O)C(F)(F)F)c1OC.OB(O)c1ccccc1. The molecule has 9 N–H and O–H groups in total. The largest absolute Gasteiger partial charge is 0.534 e. The summed E-state index contributed by atoms with van der Waals surface area (Å²) in [5.41, 5.74) is 6.29. The topological polar surface area (TPSA) is 319 Å². The van der Waals surface area contributed by atoms with Crippen molar-refractivity contribution in [2.45, 2.75) is 65.9 Å². The van der Waals surface area contributed by atoms with Crippen LogP contribution in [-0.4, -0.2) is 124 Å². The second kappa shape index (κ2) is 32.9. The van der Waals surface area contributed by atoms with Gasteiger partial charge in [-0.15, -0.1) is 0 Å². The van der Waals surface area contributed by atoms with Crippen molar-refractivity contribution in [3.63, 3.8) is 0 Å². The summed E-state index contributed by atoms with van der Waals surface area (Å²) < 4.78 is 98.1. The van der Waals surface area contributed by atoms with Gasteiger partial charge < -0.3 is 78.4 Å². The minimum absolute atomic E-state index is 0.0342. The fraction of sp³-hybridized carbons (Fsp3) is 0.219. The summed E-state index contributed by atoms with van der Waals surface area (Å²) in [5.74, 6) is 0.798. The van der Waals surface area contributed by atoms with Crippen LogP contribution in [0.3, 0.4) is 0 Å². The lowest BCUT2D eigenvalue weighted by molar-refractivity contribution is -0.0500. The number of hydrogen-bond donors (Lipinski definition) is 9. The Labute approximate surface area is 569 Å². The maximum atomic E-state index is 12.9. The molecular formula is C73H73BF3N3O18S. The summed E-state index contributed by atoms with van der Waals surface area (Å²) in [6.07, 6.45) is 0. The maximum Gasteiger partial charge on any atom is 0.534 e. The van der Waals surface area contributed by atoms with Gasteiger partial charge >= 0.3 is 22.7 Å². The van der Waals surface area contributed by atoms with Crippen LogP contribution in [0.5, 0.6) is 46.0 Å². The van der Waals surface area contributed by atoms with Crippen LogP contribution in [0.15, 0.2) is 152 Å². The summed E-state index contributed by atoms with van der Waals surface area (Å²) in [6, 6.07) is 44.8. The number of fused-ring (bicyclic) bond motifs is 3. The molecule has 0 atom stereocenters. The van der Waals surface area contributed by atoms with Crippen molar-refractivity contribution in [3.8, 4) is 90.9 Å². The molecule has 0 radical (unpaired) electrons. The van der Waals surface area contributed by atoms with Crippen LogP contribution in [0.4, 0.5) is 13.2 Å². The van der Waals surface area contributed by atoms with Crippen LogP contribution in [0.2, 0.25) is 0 Å². The molecule has 11 rings (SSSR count). The number of nitrogens with zero attached hydrogens (tertiary/aromatic N) is 3. The first kappa shape index (κ1) is 74.7. The van der Waals surface area contributed by atoms with Gasteiger partial charge in [0.2, 0.25) is 11.5 Å². The normalized spacial score (nSPS) is 11.2. The highest BCUT2D eigenvalue weighted by atomic mass is 32.2. The van der Waals surface area contributed by atoms with Crippen molar-refractivity contribution in [2.75, 3.05) is 42.7 Å². The average molecular weight is 1380 g/mol. The monoisotopic (exact) mass is 1380 g/mol. The standard InChI is InChI=1S/C26H25NO4.C21H20F3NO7S.C20H21NO5.C6H7BO2/c1-16-22-11-21(15-29)20(14-28)9-18(22)12-24(27-16)19-10-23(17-7-5-4-6-8-17)26(31-3)25(13-19)30-2;1-11-16-5-15(10-27)14(9-26)4-12(16)6-17(25-11)13-7-18(30-2)20(31-3)19(8-13)32-33(28,29)21(22,23)24;1-11-16-5-15(10-23)14(9-22)4-12(16)6-17(21-11)13-7-18(24)20(26-3)19(8-13)25-2;8-7(9)6-4-2-1-3-5-6/h4-13,28-29H,14-15H2,1-3H3;4-8,26-27H,9-10H2,1-3H3;4-8,22-24H,9-10H2,1-3H3;1-5,8-9H. The molecule has 21 nitrogen and oxygen atoms in total. The van der Waals surface area contributed by atoms with Crippen molar-refractivity contribution in [3.05, 3.63) is 202 Å². The Morgan fingerprint density at radius 3 is 1.08 bits per heavy atom. The number of benzene rings is 8. The zero-order valence-electron chi connectivity index (χ0n) is 55.3. The minimum atomic E-state index is -5.97. The third-order valence-corrected chi connectivity index (χ3v) is 16.9. The molecule has 0 bridgehead atoms. The Morgan fingerprint density at radius 1 is 0.404 bits per heavy atom. The number of halogens is 3. The fourth-order valence-corrected chi connectivity index (χ4v) is 11.4. The van der Waals surface area contributed by atoms with Crippen LogP contribution in [0.25, 0.3) is 77.2 Å². The average Bonchev–Trinajstić information content (AvgIpc) is 0.784. The number of phenols is 1. The predicted octanol–water partition coefficient (Wildman–Crippen LogP) is 10.6. The third-order valence-electron chi connectivity index (χ3n) is 16.0. The number of alkyl halides is 3. The number of ether oxygens (including phenoxy) is 6. The van der Waals surface area contributed by atoms with Gasteiger partial charge in [0.25, 0.3) is 0 Å². The third kappa shape index (κ3) is 16.9. The minimum Gasteiger partial charge on any atom is -0.504 e. The van der Waals surface area contributed by atoms with Gasteiger partial charge in [-0.1, -0.05) is 60.7 Å². The highest BCUT2D eigenvalue weighted by molar-refractivity contribution is 7.88. The molecule has 0 spiro atoms. The van der Waals surface area contributed by atoms with Gasteiger partial charge in [-0.05, 0) is 172 Å². The lowest BCUT2D eigenvalue weighted by atomic mass is 9.81. The molecule has 0 saturated heterocycles. The smallest absolute Gasteiger partial charge is 0.504 e. The number of aryl methyl sites for hydroxylation is 3. The number of phenolic OH excluding ortho intramolecular Hbond substituents is 1. The van der Waals surface area contributed by atoms with Gasteiger partial charge in [0, 0.05) is 55.5 Å². The molecule has 3 aromatic heterocycles. The molecule has 99 heavy (non-hydrogen) atoms. The molecule has 0 fully saturated rings. The van der Waals surface area contributed by atoms with Crippen molar-refractivity contribution < 1.29 is 100.0 Å². The van der Waals surface area contributed by atoms with Gasteiger partial charge in [-0.25, -0.2) is 0 Å². The second-order valence-electron chi connectivity index (χ2n) is 22.1. The second-order valence-corrected chi connectivity index (χ2v) is 23.6. The Hall–Kier alpha value is -10.1. The summed E-state index contributed by atoms with van der Waals surface area (Å²) in [5, 5.41) is 89.8. The van der Waals surface area contributed by atoms with E-state index in [4.69, 9.17) is 43.5 Å². The fourth-order valence-electron chi connectivity index (χ4n) is 11.0. The van der Waals surface area contributed by atoms with Gasteiger partial charge in [-0.3, -0.25) is 15.0 Å². The number of methoxy groups -OCH3 is 6. The summed E-state index contributed by atoms with van der Waals surface area (Å²) >= 11 is 0. The van der Waals surface area contributed by atoms with E-state index >= 15 is 0 Å². The summed E-state index contributed by atoms with van der Waals surface area (Å²) in [6.45, 7) is 4.38. The van der Waals surface area contributed by atoms with Crippen molar-refractivity contribution in [1.29, 1.82) is 0 Å². The zero-order chi connectivity index (χ0) is 72.0. The lowest BCUT2D eigenvalue weighted by Crippen LogP contribution is -2.29. The molecule has 518 valence electrons. The molecule has 0 aliphatic heterocycles. The molecule has 0 amide bonds. The van der Waals surface area contributed by atoms with E-state index in [2.05, 4.69) is 20.2 Å². The first-order valence-electron chi connectivity index (χ1n) is 30.3. The number of aromatic nitrogens is 3. The molecule has 0 aliphatic carbocycles. The summed E-state index contributed by atoms with van der Waals surface area (Å²) in [4.78, 5) is 13.9. The van der Waals surface area contributed by atoms with Crippen molar-refractivity contribution in [1.82, 2.24) is 15.0 Å². The number of pyridine rings is 3. The number of hydrogen-bond acceptors (Lipinski definition) is 21. The van der Waals surface area contributed by atoms with Gasteiger partial charge in [-0.2, -0.15) is 21.6 Å². The van der Waals surface area contributed by atoms with E-state index in [9.17, 15) is 57.3 Å². The van der Waals surface area contributed by atoms with E-state index in [0.717, 1.165) is 68.5 Å². The first-order chi connectivity index (χ1) is 47.4. The van der Waals surface area contributed by atoms with Gasteiger partial charge in [0.15, 0.2) is 34.5 Å². The van der Waals surface area contributed by atoms with Crippen LogP contribution in [-0.2, 0) is 49.8 Å². The molecule has 0 aliphatic rings. The highest BCUT2D eigenvalue weighted by Gasteiger charge is 2.49. The van der Waals surface area contributed by atoms with E-state index in [1.54, 1.807) is 75.7 Å². The lowest BCUT2D eigenvalue weighted by Gasteiger charge is -2.17. The van der Waals surface area contributed by atoms with E-state index < -0.39 is 28.5 Å². The zero-order valence-corrected chi connectivity index (χ0v) is 56.2. The molecule has 8 aromatic carbocycles. The number of rotatable bonds is 19. The van der Waals surface area contributed by atoms with Crippen LogP contribution < -0.4 is 38.1 Å². The van der Waals surface area contributed by atoms with Crippen LogP contribution >= 0.6 is 0 Å². The van der Waals surface area contributed by atoms with Crippen LogP contribution in [0.1, 0.15) is 50.5 Å². The molecule has 0 unspecified atom stereocenters. The molecule has 0 saturated carbocycles. The van der Waals surface area contributed by atoms with E-state index in [0.29, 0.717) is 83.8 Å². The summed E-state index contributed by atoms with van der Waals surface area (Å²) in [7, 11) is 1.26. The number of aromatic hydroxyl groups is 1. The number of aliphatic hydroxyl groups is 6. The maximum absolute atomic E-state index is 12.9. The van der Waals surface area contributed by atoms with Gasteiger partial charge in [0.05, 0.1) is 99.4 Å². The number of aliphatic hydroxyl groups excluding tert-OH is 6.